The molecule has 1 nitrogen and oxygen atoms in total. The van der Waals surface area contributed by atoms with Crippen LogP contribution in [0.5, 0.6) is 0 Å². The van der Waals surface area contributed by atoms with Crippen molar-refractivity contribution in [2.75, 3.05) is 0 Å². The van der Waals surface area contributed by atoms with Crippen molar-refractivity contribution in [3.05, 3.63) is 11.6 Å². The van der Waals surface area contributed by atoms with Crippen molar-refractivity contribution in [1.29, 1.82) is 0 Å². The van der Waals surface area contributed by atoms with Gasteiger partial charge in [-0.15, -0.1) is 0 Å². The van der Waals surface area contributed by atoms with Gasteiger partial charge in [0.25, 0.3) is 0 Å². The van der Waals surface area contributed by atoms with E-state index >= 15 is 0 Å². The van der Waals surface area contributed by atoms with E-state index in [1.54, 1.807) is 5.57 Å². The molecule has 4 aliphatic rings. The second-order valence-electron chi connectivity index (χ2n) is 8.96. The van der Waals surface area contributed by atoms with Gasteiger partial charge in [0.15, 0.2) is 0 Å². The fraction of sp³-hybridized carbons (Fsp3) is 0.850. The molecule has 0 heterocycles. The van der Waals surface area contributed by atoms with Crippen LogP contribution in [0.2, 0.25) is 0 Å². The lowest BCUT2D eigenvalue weighted by Crippen LogP contribution is -2.49. The number of hydrogen-bond donors (Lipinski definition) is 0. The van der Waals surface area contributed by atoms with Crippen LogP contribution in [-0.2, 0) is 4.79 Å². The maximum absolute atomic E-state index is 11.3. The van der Waals surface area contributed by atoms with E-state index in [2.05, 4.69) is 19.9 Å². The largest absolute Gasteiger partial charge is 0.303 e. The van der Waals surface area contributed by atoms with Gasteiger partial charge in [0.2, 0.25) is 0 Å². The second-order valence-corrected chi connectivity index (χ2v) is 8.96. The first kappa shape index (κ1) is 14.0. The third-order valence-corrected chi connectivity index (χ3v) is 7.97. The Kier molecular flexibility index (Phi) is 3.14. The van der Waals surface area contributed by atoms with Crippen LogP contribution < -0.4 is 0 Å². The monoisotopic (exact) mass is 286 g/mol. The summed E-state index contributed by atoms with van der Waals surface area (Å²) in [5.74, 6) is 2.90. The molecule has 6 atom stereocenters. The predicted octanol–water partition coefficient (Wildman–Crippen LogP) is 5.15. The highest BCUT2D eigenvalue weighted by atomic mass is 16.1. The fourth-order valence-corrected chi connectivity index (χ4v) is 6.85. The first-order chi connectivity index (χ1) is 10.1. The third kappa shape index (κ3) is 1.92. The van der Waals surface area contributed by atoms with Crippen LogP contribution in [-0.4, -0.2) is 6.29 Å². The summed E-state index contributed by atoms with van der Waals surface area (Å²) >= 11 is 0. The molecule has 4 rings (SSSR count). The van der Waals surface area contributed by atoms with Gasteiger partial charge in [-0.25, -0.2) is 0 Å². The molecular weight excluding hydrogens is 256 g/mol. The van der Waals surface area contributed by atoms with Gasteiger partial charge in [0.1, 0.15) is 6.29 Å². The van der Waals surface area contributed by atoms with Crippen LogP contribution in [0.4, 0.5) is 0 Å². The Morgan fingerprint density at radius 3 is 2.76 bits per heavy atom. The summed E-state index contributed by atoms with van der Waals surface area (Å²) in [6.07, 6.45) is 16.1. The number of hydrogen-bond acceptors (Lipinski definition) is 1. The topological polar surface area (TPSA) is 17.1 Å². The lowest BCUT2D eigenvalue weighted by molar-refractivity contribution is -0.110. The van der Waals surface area contributed by atoms with E-state index in [0.717, 1.165) is 24.2 Å². The summed E-state index contributed by atoms with van der Waals surface area (Å²) in [7, 11) is 0. The number of carbonyl (C=O) groups is 1. The Morgan fingerprint density at radius 2 is 1.95 bits per heavy atom. The quantitative estimate of drug-likeness (QED) is 0.481. The van der Waals surface area contributed by atoms with Crippen LogP contribution in [0, 0.1) is 34.5 Å². The minimum atomic E-state index is 0.209. The standard InChI is InChI=1S/C20H30O/c1-19-10-8-17-16(18(19)11-14(12-19)13-21)7-6-15-5-3-4-9-20(15,17)2/h11,13-17H,3-10,12H2,1-2H3/t14?,15?,16-,17+,19-,20+/m1/s1. The van der Waals surface area contributed by atoms with Gasteiger partial charge in [0, 0.05) is 5.92 Å². The van der Waals surface area contributed by atoms with Gasteiger partial charge in [-0.3, -0.25) is 0 Å². The van der Waals surface area contributed by atoms with Crippen molar-refractivity contribution < 1.29 is 4.79 Å². The summed E-state index contributed by atoms with van der Waals surface area (Å²) in [6, 6.07) is 0. The molecule has 21 heavy (non-hydrogen) atoms. The number of carbonyl (C=O) groups excluding carboxylic acids is 1. The second kappa shape index (κ2) is 4.70. The summed E-state index contributed by atoms with van der Waals surface area (Å²) in [5.41, 5.74) is 2.65. The average Bonchev–Trinajstić information content (AvgIpc) is 2.83. The Morgan fingerprint density at radius 1 is 1.10 bits per heavy atom. The molecule has 4 aliphatic carbocycles. The van der Waals surface area contributed by atoms with E-state index in [1.165, 1.54) is 57.7 Å². The zero-order valence-corrected chi connectivity index (χ0v) is 13.7. The zero-order valence-electron chi connectivity index (χ0n) is 13.7. The normalized spacial score (nSPS) is 52.4. The van der Waals surface area contributed by atoms with E-state index in [-0.39, 0.29) is 5.92 Å². The molecule has 0 aromatic heterocycles. The van der Waals surface area contributed by atoms with E-state index in [4.69, 9.17) is 0 Å². The van der Waals surface area contributed by atoms with Crippen molar-refractivity contribution in [2.45, 2.75) is 71.6 Å². The molecule has 0 amide bonds. The molecule has 0 saturated heterocycles. The predicted molar refractivity (Wildman–Crippen MR) is 85.9 cm³/mol. The maximum atomic E-state index is 11.3. The lowest BCUT2D eigenvalue weighted by atomic mass is 9.47. The van der Waals surface area contributed by atoms with E-state index < -0.39 is 0 Å². The molecule has 0 aliphatic heterocycles. The number of rotatable bonds is 1. The average molecular weight is 286 g/mol. The minimum absolute atomic E-state index is 0.209. The molecular formula is C20H30O. The number of allylic oxidation sites excluding steroid dienone is 2. The van der Waals surface area contributed by atoms with Crippen LogP contribution in [0.25, 0.3) is 0 Å². The first-order valence-electron chi connectivity index (χ1n) is 9.24. The molecule has 3 fully saturated rings. The summed E-state index contributed by atoms with van der Waals surface area (Å²) in [6.45, 7) is 5.05. The Balaban J connectivity index is 1.68. The SMILES string of the molecule is C[C@]12CC[C@H]3[C@@H](CCC4CCCC[C@@]43C)C1=CC(C=O)C2. The van der Waals surface area contributed by atoms with E-state index in [1.807, 2.05) is 0 Å². The van der Waals surface area contributed by atoms with Crippen LogP contribution >= 0.6 is 0 Å². The Labute approximate surface area is 129 Å². The molecule has 0 aromatic rings. The molecule has 1 heteroatoms. The zero-order chi connectivity index (χ0) is 14.7. The number of aldehydes is 1. The summed E-state index contributed by atoms with van der Waals surface area (Å²) in [5, 5.41) is 0. The molecule has 0 radical (unpaired) electrons. The summed E-state index contributed by atoms with van der Waals surface area (Å²) in [4.78, 5) is 11.3. The van der Waals surface area contributed by atoms with E-state index in [0.29, 0.717) is 10.8 Å². The van der Waals surface area contributed by atoms with E-state index in [9.17, 15) is 4.79 Å². The lowest BCUT2D eigenvalue weighted by Gasteiger charge is -2.58. The van der Waals surface area contributed by atoms with Gasteiger partial charge in [-0.2, -0.15) is 0 Å². The summed E-state index contributed by atoms with van der Waals surface area (Å²) < 4.78 is 0. The van der Waals surface area contributed by atoms with Gasteiger partial charge in [0.05, 0.1) is 0 Å². The molecule has 0 aromatic carbocycles. The first-order valence-corrected chi connectivity index (χ1v) is 9.24. The highest BCUT2D eigenvalue weighted by Gasteiger charge is 2.55. The fourth-order valence-electron chi connectivity index (χ4n) is 6.85. The molecule has 2 unspecified atom stereocenters. The smallest absolute Gasteiger partial charge is 0.126 e. The number of fused-ring (bicyclic) bond motifs is 5. The van der Waals surface area contributed by atoms with Crippen LogP contribution in [0.1, 0.15) is 71.6 Å². The molecule has 3 saturated carbocycles. The van der Waals surface area contributed by atoms with Crippen molar-refractivity contribution in [3.63, 3.8) is 0 Å². The maximum Gasteiger partial charge on any atom is 0.126 e. The van der Waals surface area contributed by atoms with Crippen LogP contribution in [0.15, 0.2) is 11.6 Å². The molecule has 116 valence electrons. The van der Waals surface area contributed by atoms with Gasteiger partial charge < -0.3 is 4.79 Å². The van der Waals surface area contributed by atoms with Gasteiger partial charge in [-0.05, 0) is 73.5 Å². The van der Waals surface area contributed by atoms with Gasteiger partial charge >= 0.3 is 0 Å². The van der Waals surface area contributed by atoms with Gasteiger partial charge in [-0.1, -0.05) is 38.3 Å². The highest BCUT2D eigenvalue weighted by Crippen LogP contribution is 2.65. The molecule has 0 spiro atoms. The van der Waals surface area contributed by atoms with Crippen molar-refractivity contribution in [3.8, 4) is 0 Å². The Hall–Kier alpha value is -0.590. The highest BCUT2D eigenvalue weighted by molar-refractivity contribution is 5.59. The van der Waals surface area contributed by atoms with Crippen LogP contribution in [0.3, 0.4) is 0 Å². The third-order valence-electron chi connectivity index (χ3n) is 7.97. The molecule has 0 bridgehead atoms. The minimum Gasteiger partial charge on any atom is -0.303 e. The molecule has 0 N–H and O–H groups in total. The Bertz CT molecular complexity index is 478. The van der Waals surface area contributed by atoms with Crippen molar-refractivity contribution in [1.82, 2.24) is 0 Å². The van der Waals surface area contributed by atoms with Crippen molar-refractivity contribution in [2.24, 2.45) is 34.5 Å². The van der Waals surface area contributed by atoms with Crippen molar-refractivity contribution >= 4 is 6.29 Å².